The molecule has 0 radical (unpaired) electrons. The van der Waals surface area contributed by atoms with Gasteiger partial charge in [-0.3, -0.25) is 14.9 Å². The lowest BCUT2D eigenvalue weighted by Gasteiger charge is -2.07. The molecule has 124 valence electrons. The summed E-state index contributed by atoms with van der Waals surface area (Å²) in [7, 11) is -3.14. The van der Waals surface area contributed by atoms with Gasteiger partial charge in [-0.05, 0) is 20.3 Å². The molecule has 0 spiro atoms. The summed E-state index contributed by atoms with van der Waals surface area (Å²) in [6.07, 6.45) is 0.290. The van der Waals surface area contributed by atoms with E-state index in [9.17, 15) is 23.3 Å². The van der Waals surface area contributed by atoms with Gasteiger partial charge in [0.15, 0.2) is 9.84 Å². The van der Waals surface area contributed by atoms with Crippen molar-refractivity contribution in [3.63, 3.8) is 0 Å². The molecule has 1 atom stereocenters. The van der Waals surface area contributed by atoms with E-state index in [1.807, 2.05) is 0 Å². The lowest BCUT2D eigenvalue weighted by atomic mass is 10.1. The fraction of sp³-hybridized carbons (Fsp3) is 0.429. The predicted molar refractivity (Wildman–Crippen MR) is 84.9 cm³/mol. The highest BCUT2D eigenvalue weighted by atomic mass is 32.2. The topological polar surface area (TPSA) is 119 Å². The third kappa shape index (κ3) is 4.13. The average Bonchev–Trinajstić information content (AvgIpc) is 2.84. The number of amides is 1. The number of rotatable bonds is 4. The Morgan fingerprint density at radius 1 is 1.43 bits per heavy atom. The lowest BCUT2D eigenvalue weighted by molar-refractivity contribution is -0.385. The third-order valence-electron chi connectivity index (χ3n) is 3.76. The summed E-state index contributed by atoms with van der Waals surface area (Å²) in [6.45, 7) is 3.25. The molecule has 0 saturated carbocycles. The standard InChI is InChI=1S/C14H17N3O5S/c1-9-3-4-11(7-13(9)17(19)20)10(2)15-16-14(18)12-5-6-23(21,22)8-12/h3-4,7,12H,5-6,8H2,1-2H3,(H,16,18)/b15-10-/t12-/m1/s1. The zero-order valence-corrected chi connectivity index (χ0v) is 13.6. The van der Waals surface area contributed by atoms with Gasteiger partial charge in [0.05, 0.1) is 28.1 Å². The van der Waals surface area contributed by atoms with Gasteiger partial charge in [0.1, 0.15) is 0 Å². The molecule has 0 unspecified atom stereocenters. The normalized spacial score (nSPS) is 20.3. The molecule has 0 aromatic heterocycles. The van der Waals surface area contributed by atoms with Crippen LogP contribution in [0.3, 0.4) is 0 Å². The van der Waals surface area contributed by atoms with E-state index in [1.165, 1.54) is 6.07 Å². The van der Waals surface area contributed by atoms with Gasteiger partial charge in [-0.2, -0.15) is 5.10 Å². The van der Waals surface area contributed by atoms with E-state index in [-0.39, 0.29) is 17.2 Å². The molecule has 2 rings (SSSR count). The molecule has 1 aliphatic rings. The Balaban J connectivity index is 2.10. The number of carbonyl (C=O) groups excluding carboxylic acids is 1. The quantitative estimate of drug-likeness (QED) is 0.502. The summed E-state index contributed by atoms with van der Waals surface area (Å²) in [5, 5.41) is 14.9. The number of hydrogen-bond donors (Lipinski definition) is 1. The summed E-state index contributed by atoms with van der Waals surface area (Å²) in [5.41, 5.74) is 3.77. The van der Waals surface area contributed by atoms with Gasteiger partial charge in [0.25, 0.3) is 5.69 Å². The van der Waals surface area contributed by atoms with Crippen molar-refractivity contribution in [1.82, 2.24) is 5.43 Å². The zero-order chi connectivity index (χ0) is 17.2. The van der Waals surface area contributed by atoms with Crippen LogP contribution in [0.5, 0.6) is 0 Å². The monoisotopic (exact) mass is 339 g/mol. The van der Waals surface area contributed by atoms with Crippen molar-refractivity contribution < 1.29 is 18.1 Å². The molecule has 1 N–H and O–H groups in total. The minimum Gasteiger partial charge on any atom is -0.273 e. The van der Waals surface area contributed by atoms with Crippen molar-refractivity contribution in [2.45, 2.75) is 20.3 Å². The Morgan fingerprint density at radius 2 is 2.13 bits per heavy atom. The molecule has 1 aliphatic heterocycles. The highest BCUT2D eigenvalue weighted by Gasteiger charge is 2.32. The van der Waals surface area contributed by atoms with E-state index in [2.05, 4.69) is 10.5 Å². The SMILES string of the molecule is C/C(=N/NC(=O)[C@@H]1CCS(=O)(=O)C1)c1ccc(C)c([N+](=O)[O-])c1. The fourth-order valence-corrected chi connectivity index (χ4v) is 4.07. The summed E-state index contributed by atoms with van der Waals surface area (Å²) in [4.78, 5) is 22.4. The lowest BCUT2D eigenvalue weighted by Crippen LogP contribution is -2.28. The Hall–Kier alpha value is -2.29. The first-order valence-electron chi connectivity index (χ1n) is 6.99. The number of hydrazone groups is 1. The van der Waals surface area contributed by atoms with Crippen LogP contribution >= 0.6 is 0 Å². The number of nitrogens with one attached hydrogen (secondary N) is 1. The molecular formula is C14H17N3O5S. The maximum Gasteiger partial charge on any atom is 0.272 e. The van der Waals surface area contributed by atoms with Crippen LogP contribution in [-0.4, -0.2) is 36.5 Å². The van der Waals surface area contributed by atoms with Crippen molar-refractivity contribution in [2.24, 2.45) is 11.0 Å². The zero-order valence-electron chi connectivity index (χ0n) is 12.8. The highest BCUT2D eigenvalue weighted by Crippen LogP contribution is 2.20. The Morgan fingerprint density at radius 3 is 2.70 bits per heavy atom. The van der Waals surface area contributed by atoms with Crippen molar-refractivity contribution in [3.05, 3.63) is 39.4 Å². The van der Waals surface area contributed by atoms with Crippen LogP contribution in [0.4, 0.5) is 5.69 Å². The van der Waals surface area contributed by atoms with E-state index >= 15 is 0 Å². The van der Waals surface area contributed by atoms with Crippen LogP contribution in [0.15, 0.2) is 23.3 Å². The number of nitrogens with zero attached hydrogens (tertiary/aromatic N) is 2. The van der Waals surface area contributed by atoms with Crippen LogP contribution in [0.2, 0.25) is 0 Å². The summed E-state index contributed by atoms with van der Waals surface area (Å²) in [5.74, 6) is -1.20. The summed E-state index contributed by atoms with van der Waals surface area (Å²) in [6, 6.07) is 4.67. The molecule has 1 aromatic rings. The maximum absolute atomic E-state index is 11.9. The minimum atomic E-state index is -3.14. The number of aryl methyl sites for hydroxylation is 1. The number of nitro groups is 1. The summed E-state index contributed by atoms with van der Waals surface area (Å²) >= 11 is 0. The number of hydrogen-bond acceptors (Lipinski definition) is 6. The first-order chi connectivity index (χ1) is 10.7. The van der Waals surface area contributed by atoms with Crippen LogP contribution in [0, 0.1) is 23.0 Å². The maximum atomic E-state index is 11.9. The van der Waals surface area contributed by atoms with Gasteiger partial charge in [-0.25, -0.2) is 13.8 Å². The Kier molecular flexibility index (Phi) is 4.79. The fourth-order valence-electron chi connectivity index (χ4n) is 2.33. The molecule has 0 bridgehead atoms. The molecular weight excluding hydrogens is 322 g/mol. The van der Waals surface area contributed by atoms with Gasteiger partial charge in [0, 0.05) is 17.2 Å². The van der Waals surface area contributed by atoms with Gasteiger partial charge >= 0.3 is 0 Å². The molecule has 1 saturated heterocycles. The largest absolute Gasteiger partial charge is 0.273 e. The van der Waals surface area contributed by atoms with Crippen LogP contribution in [-0.2, 0) is 14.6 Å². The second-order valence-electron chi connectivity index (χ2n) is 5.53. The summed E-state index contributed by atoms with van der Waals surface area (Å²) < 4.78 is 22.7. The number of nitro benzene ring substituents is 1. The van der Waals surface area contributed by atoms with Crippen LogP contribution < -0.4 is 5.43 Å². The molecule has 0 aliphatic carbocycles. The van der Waals surface area contributed by atoms with Crippen molar-refractivity contribution in [1.29, 1.82) is 0 Å². The second-order valence-corrected chi connectivity index (χ2v) is 7.76. The van der Waals surface area contributed by atoms with E-state index < -0.39 is 26.6 Å². The third-order valence-corrected chi connectivity index (χ3v) is 5.53. The van der Waals surface area contributed by atoms with E-state index in [0.29, 0.717) is 23.3 Å². The van der Waals surface area contributed by atoms with Gasteiger partial charge in [0.2, 0.25) is 5.91 Å². The first kappa shape index (κ1) is 17.1. The molecule has 1 amide bonds. The van der Waals surface area contributed by atoms with E-state index in [0.717, 1.165) is 0 Å². The van der Waals surface area contributed by atoms with Crippen molar-refractivity contribution >= 4 is 27.1 Å². The molecule has 1 aromatic carbocycles. The van der Waals surface area contributed by atoms with E-state index in [4.69, 9.17) is 0 Å². The second kappa shape index (κ2) is 6.45. The first-order valence-corrected chi connectivity index (χ1v) is 8.82. The average molecular weight is 339 g/mol. The van der Waals surface area contributed by atoms with Gasteiger partial charge in [-0.15, -0.1) is 0 Å². The predicted octanol–water partition coefficient (Wildman–Crippen LogP) is 1.18. The van der Waals surface area contributed by atoms with Crippen molar-refractivity contribution in [2.75, 3.05) is 11.5 Å². The van der Waals surface area contributed by atoms with Crippen LogP contribution in [0.25, 0.3) is 0 Å². The number of benzene rings is 1. The number of sulfone groups is 1. The Bertz CT molecular complexity index is 786. The van der Waals surface area contributed by atoms with Crippen molar-refractivity contribution in [3.8, 4) is 0 Å². The van der Waals surface area contributed by atoms with Crippen LogP contribution in [0.1, 0.15) is 24.5 Å². The smallest absolute Gasteiger partial charge is 0.272 e. The molecule has 9 heteroatoms. The highest BCUT2D eigenvalue weighted by molar-refractivity contribution is 7.91. The Labute approximate surface area is 133 Å². The minimum absolute atomic E-state index is 0.0118. The molecule has 23 heavy (non-hydrogen) atoms. The van der Waals surface area contributed by atoms with E-state index in [1.54, 1.807) is 26.0 Å². The molecule has 8 nitrogen and oxygen atoms in total. The van der Waals surface area contributed by atoms with Gasteiger partial charge in [-0.1, -0.05) is 12.1 Å². The molecule has 1 fully saturated rings. The van der Waals surface area contributed by atoms with Gasteiger partial charge < -0.3 is 0 Å². The number of carbonyl (C=O) groups is 1. The molecule has 1 heterocycles.